The third kappa shape index (κ3) is 12.7. The quantitative estimate of drug-likeness (QED) is 0.0904. The molecule has 12 heteroatoms. The zero-order valence-corrected chi connectivity index (χ0v) is 58.7. The molecule has 19 rings (SSSR count). The average Bonchev–Trinajstić information content (AvgIpc) is 1.55. The lowest BCUT2D eigenvalue weighted by atomic mass is 9.66. The highest BCUT2D eigenvalue weighted by Gasteiger charge is 2.47. The summed E-state index contributed by atoms with van der Waals surface area (Å²) in [5.74, 6) is 6.37. The second-order valence-corrected chi connectivity index (χ2v) is 26.8. The van der Waals surface area contributed by atoms with E-state index in [1.54, 1.807) is 0 Å². The van der Waals surface area contributed by atoms with E-state index in [1.165, 1.54) is 0 Å². The van der Waals surface area contributed by atoms with Crippen LogP contribution in [-0.2, 0) is 5.41 Å². The molecule has 0 atom stereocenters. The third-order valence-corrected chi connectivity index (χ3v) is 19.9. The molecule has 0 saturated carbocycles. The molecule has 0 aliphatic heterocycles. The summed E-state index contributed by atoms with van der Waals surface area (Å²) in [4.78, 5) is 63.6. The molecule has 4 heterocycles. The first-order valence-corrected chi connectivity index (χ1v) is 36.2. The minimum Gasteiger partial charge on any atom is -0.208 e. The summed E-state index contributed by atoms with van der Waals surface area (Å²) in [6.45, 7) is 0. The van der Waals surface area contributed by atoms with Crippen molar-refractivity contribution in [1.82, 2.24) is 59.8 Å². The Balaban J connectivity index is 0.896. The maximum atomic E-state index is 5.48. The molecular weight excluding hydrogens is 1330 g/mol. The summed E-state index contributed by atoms with van der Waals surface area (Å²) < 4.78 is 0. The predicted molar refractivity (Wildman–Crippen MR) is 433 cm³/mol. The fourth-order valence-corrected chi connectivity index (χ4v) is 14.7. The minimum absolute atomic E-state index is 0.461. The molecule has 510 valence electrons. The van der Waals surface area contributed by atoms with Crippen molar-refractivity contribution in [3.63, 3.8) is 0 Å². The van der Waals surface area contributed by atoms with E-state index >= 15 is 0 Å². The zero-order chi connectivity index (χ0) is 72.5. The van der Waals surface area contributed by atoms with Crippen molar-refractivity contribution in [3.05, 3.63) is 398 Å². The fraction of sp³-hybridized carbons (Fsp3) is 0.0103. The molecular formula is C97H62N12. The standard InChI is InChI=1S/C97H62N12/c1-9-31-63(32-10-1)85-98-86(64-33-11-2-12-34-64)103-93(102-85)73-49-29-47-71(55-73)75-57-76(72-48-30-50-74(56-72)94-104-87(65-35-13-3-14-36-65)99-88(105-94)66-37-15-4-16-38-66)60-79(59-75)97(83-53-27-25-51-81(83)82-52-26-28-54-84(82)97)80-61-77(95-106-89(67-39-17-5-18-40-67)100-90(107-95)68-41-19-6-20-42-68)58-78(62-80)96-108-91(69-43-21-7-22-44-69)101-92(109-96)70-45-23-8-24-46-70/h1-62H. The van der Waals surface area contributed by atoms with E-state index in [2.05, 4.69) is 133 Å². The Morgan fingerprint density at radius 2 is 0.303 bits per heavy atom. The summed E-state index contributed by atoms with van der Waals surface area (Å²) >= 11 is 0. The number of fused-ring (bicyclic) bond motifs is 3. The number of benzene rings is 14. The van der Waals surface area contributed by atoms with Crippen molar-refractivity contribution in [2.24, 2.45) is 0 Å². The lowest BCUT2D eigenvalue weighted by molar-refractivity contribution is 0.769. The van der Waals surface area contributed by atoms with Gasteiger partial charge in [0.05, 0.1) is 5.41 Å². The van der Waals surface area contributed by atoms with Crippen LogP contribution < -0.4 is 0 Å². The van der Waals surface area contributed by atoms with E-state index in [4.69, 9.17) is 59.8 Å². The summed E-state index contributed by atoms with van der Waals surface area (Å²) in [5, 5.41) is 0. The zero-order valence-electron chi connectivity index (χ0n) is 58.7. The Bertz CT molecular complexity index is 5790. The molecule has 14 aromatic carbocycles. The largest absolute Gasteiger partial charge is 0.208 e. The van der Waals surface area contributed by atoms with Gasteiger partial charge in [0.15, 0.2) is 69.9 Å². The van der Waals surface area contributed by atoms with Crippen LogP contribution in [0.4, 0.5) is 0 Å². The van der Waals surface area contributed by atoms with Crippen LogP contribution in [0.2, 0.25) is 0 Å². The summed E-state index contributed by atoms with van der Waals surface area (Å²) in [5.41, 5.74) is 18.8. The highest BCUT2D eigenvalue weighted by atomic mass is 15.1. The summed E-state index contributed by atoms with van der Waals surface area (Å²) in [6.07, 6.45) is 0. The van der Waals surface area contributed by atoms with Crippen molar-refractivity contribution in [2.45, 2.75) is 5.41 Å². The lowest BCUT2D eigenvalue weighted by Gasteiger charge is -2.35. The molecule has 0 saturated heterocycles. The normalized spacial score (nSPS) is 11.9. The van der Waals surface area contributed by atoms with Gasteiger partial charge in [0.25, 0.3) is 0 Å². The second-order valence-electron chi connectivity index (χ2n) is 26.8. The van der Waals surface area contributed by atoms with Crippen LogP contribution in [0.15, 0.2) is 376 Å². The van der Waals surface area contributed by atoms with Crippen LogP contribution in [0.25, 0.3) is 170 Å². The van der Waals surface area contributed by atoms with E-state index in [9.17, 15) is 0 Å². The van der Waals surface area contributed by atoms with Crippen LogP contribution in [0.3, 0.4) is 0 Å². The van der Waals surface area contributed by atoms with Gasteiger partial charge in [-0.15, -0.1) is 0 Å². The molecule has 0 amide bonds. The smallest absolute Gasteiger partial charge is 0.164 e. The van der Waals surface area contributed by atoms with Gasteiger partial charge in [0, 0.05) is 66.8 Å². The minimum atomic E-state index is -1.11. The Hall–Kier alpha value is -14.9. The Kier molecular flexibility index (Phi) is 16.9. The van der Waals surface area contributed by atoms with Gasteiger partial charge in [-0.3, -0.25) is 0 Å². The van der Waals surface area contributed by atoms with Crippen molar-refractivity contribution in [1.29, 1.82) is 0 Å². The van der Waals surface area contributed by atoms with Crippen LogP contribution >= 0.6 is 0 Å². The van der Waals surface area contributed by atoms with Crippen LogP contribution in [-0.4, -0.2) is 59.8 Å². The lowest BCUT2D eigenvalue weighted by Crippen LogP contribution is -2.29. The molecule has 0 radical (unpaired) electrons. The topological polar surface area (TPSA) is 155 Å². The van der Waals surface area contributed by atoms with Gasteiger partial charge in [0.1, 0.15) is 0 Å². The van der Waals surface area contributed by atoms with E-state index in [0.29, 0.717) is 69.9 Å². The van der Waals surface area contributed by atoms with Gasteiger partial charge >= 0.3 is 0 Å². The number of nitrogens with zero attached hydrogens (tertiary/aromatic N) is 12. The third-order valence-electron chi connectivity index (χ3n) is 19.9. The van der Waals surface area contributed by atoms with E-state index in [-0.39, 0.29) is 0 Å². The molecule has 12 nitrogen and oxygen atoms in total. The Labute approximate surface area is 629 Å². The molecule has 0 fully saturated rings. The average molecular weight is 1400 g/mol. The molecule has 4 aromatic heterocycles. The summed E-state index contributed by atoms with van der Waals surface area (Å²) in [7, 11) is 0. The van der Waals surface area contributed by atoms with E-state index < -0.39 is 5.41 Å². The number of hydrogen-bond donors (Lipinski definition) is 0. The molecule has 0 unspecified atom stereocenters. The Morgan fingerprint density at radius 3 is 0.560 bits per heavy atom. The highest BCUT2D eigenvalue weighted by Crippen LogP contribution is 2.58. The number of aromatic nitrogens is 12. The van der Waals surface area contributed by atoms with Crippen molar-refractivity contribution in [3.8, 4) is 170 Å². The van der Waals surface area contributed by atoms with Crippen LogP contribution in [0, 0.1) is 0 Å². The van der Waals surface area contributed by atoms with Gasteiger partial charge in [-0.2, -0.15) is 0 Å². The first kappa shape index (κ1) is 64.9. The van der Waals surface area contributed by atoms with Crippen molar-refractivity contribution >= 4 is 0 Å². The highest BCUT2D eigenvalue weighted by molar-refractivity contribution is 5.90. The maximum Gasteiger partial charge on any atom is 0.164 e. The molecule has 0 bridgehead atoms. The van der Waals surface area contributed by atoms with Crippen molar-refractivity contribution < 1.29 is 0 Å². The van der Waals surface area contributed by atoms with Gasteiger partial charge in [-0.05, 0) is 104 Å². The van der Waals surface area contributed by atoms with E-state index in [0.717, 1.165) is 122 Å². The molecule has 0 spiro atoms. The SMILES string of the molecule is c1ccc(-c2nc(-c3ccccc3)nc(-c3cccc(-c4cc(-c5cccc(-c6nc(-c7ccccc7)nc(-c7ccccc7)n6)c5)cc(C5(c6cc(-c7nc(-c8ccccc8)nc(-c8ccccc8)n7)cc(-c7nc(-c8ccccc8)nc(-c8ccccc8)n7)c6)c6ccccc6-c6ccccc65)c4)c3)n2)cc1. The van der Waals surface area contributed by atoms with Gasteiger partial charge in [0.2, 0.25) is 0 Å². The van der Waals surface area contributed by atoms with Crippen LogP contribution in [0.1, 0.15) is 22.3 Å². The van der Waals surface area contributed by atoms with Gasteiger partial charge in [-0.25, -0.2) is 59.8 Å². The van der Waals surface area contributed by atoms with Crippen molar-refractivity contribution in [2.75, 3.05) is 0 Å². The first-order valence-electron chi connectivity index (χ1n) is 36.2. The summed E-state index contributed by atoms with van der Waals surface area (Å²) in [6, 6.07) is 129. The van der Waals surface area contributed by atoms with Gasteiger partial charge < -0.3 is 0 Å². The molecule has 18 aromatic rings. The maximum absolute atomic E-state index is 5.48. The second kappa shape index (κ2) is 28.3. The van der Waals surface area contributed by atoms with Crippen LogP contribution in [0.5, 0.6) is 0 Å². The first-order chi connectivity index (χ1) is 53.9. The Morgan fingerprint density at radius 1 is 0.128 bits per heavy atom. The number of rotatable bonds is 16. The molecule has 1 aliphatic rings. The molecule has 109 heavy (non-hydrogen) atoms. The monoisotopic (exact) mass is 1390 g/mol. The van der Waals surface area contributed by atoms with Gasteiger partial charge in [-0.1, -0.05) is 328 Å². The number of hydrogen-bond acceptors (Lipinski definition) is 12. The molecule has 1 aliphatic carbocycles. The molecule has 0 N–H and O–H groups in total. The predicted octanol–water partition coefficient (Wildman–Crippen LogP) is 22.1. The van der Waals surface area contributed by atoms with E-state index in [1.807, 2.05) is 243 Å². The fourth-order valence-electron chi connectivity index (χ4n) is 14.7.